The lowest BCUT2D eigenvalue weighted by Gasteiger charge is -2.31. The third-order valence-electron chi connectivity index (χ3n) is 3.51. The Kier molecular flexibility index (Phi) is 4.92. The normalized spacial score (nSPS) is 18.4. The highest BCUT2D eigenvalue weighted by Crippen LogP contribution is 2.17. The van der Waals surface area contributed by atoms with Crippen LogP contribution in [0.25, 0.3) is 0 Å². The highest BCUT2D eigenvalue weighted by Gasteiger charge is 2.18. The average molecular weight is 269 g/mol. The van der Waals surface area contributed by atoms with Crippen LogP contribution in [0.15, 0.2) is 12.4 Å². The Balaban J connectivity index is 1.78. The van der Waals surface area contributed by atoms with Gasteiger partial charge in [-0.3, -0.25) is 4.98 Å². The summed E-state index contributed by atoms with van der Waals surface area (Å²) in [7, 11) is 4.35. The zero-order valence-electron chi connectivity index (χ0n) is 11.1. The first kappa shape index (κ1) is 13.7. The molecule has 0 bridgehead atoms. The average Bonchev–Trinajstić information content (AvgIpc) is 2.35. The minimum absolute atomic E-state index is 0.455. The summed E-state index contributed by atoms with van der Waals surface area (Å²) in [5.74, 6) is 0.812. The van der Waals surface area contributed by atoms with E-state index in [1.807, 2.05) is 0 Å². The summed E-state index contributed by atoms with van der Waals surface area (Å²) >= 11 is 5.73. The molecule has 0 aromatic carbocycles. The Bertz CT molecular complexity index is 360. The van der Waals surface area contributed by atoms with E-state index < -0.39 is 0 Å². The molecule has 1 aliphatic heterocycles. The number of hydrogen-bond donors (Lipinski definition) is 0. The van der Waals surface area contributed by atoms with Gasteiger partial charge < -0.3 is 9.80 Å². The highest BCUT2D eigenvalue weighted by atomic mass is 35.5. The van der Waals surface area contributed by atoms with Gasteiger partial charge in [0.15, 0.2) is 0 Å². The van der Waals surface area contributed by atoms with Crippen molar-refractivity contribution in [3.05, 3.63) is 23.2 Å². The SMILES string of the molecule is CN1CCC(CN(C)Cc2cnc(Cl)cn2)CC1. The quantitative estimate of drug-likeness (QED) is 0.835. The van der Waals surface area contributed by atoms with Crippen molar-refractivity contribution in [1.29, 1.82) is 0 Å². The van der Waals surface area contributed by atoms with Gasteiger partial charge in [0.2, 0.25) is 0 Å². The number of hydrogen-bond acceptors (Lipinski definition) is 4. The van der Waals surface area contributed by atoms with Crippen LogP contribution in [0.4, 0.5) is 0 Å². The van der Waals surface area contributed by atoms with E-state index in [9.17, 15) is 0 Å². The summed E-state index contributed by atoms with van der Waals surface area (Å²) in [6, 6.07) is 0. The monoisotopic (exact) mass is 268 g/mol. The van der Waals surface area contributed by atoms with E-state index >= 15 is 0 Å². The Morgan fingerprint density at radius 2 is 2.06 bits per heavy atom. The summed E-state index contributed by atoms with van der Waals surface area (Å²) in [6.45, 7) is 4.42. The second-order valence-electron chi connectivity index (χ2n) is 5.27. The second-order valence-corrected chi connectivity index (χ2v) is 5.66. The molecule has 0 unspecified atom stereocenters. The molecule has 5 heteroatoms. The zero-order valence-corrected chi connectivity index (χ0v) is 11.9. The Hall–Kier alpha value is -0.710. The maximum absolute atomic E-state index is 5.73. The molecule has 1 fully saturated rings. The zero-order chi connectivity index (χ0) is 13.0. The molecule has 100 valence electrons. The maximum atomic E-state index is 5.73. The first-order valence-corrected chi connectivity index (χ1v) is 6.85. The van der Waals surface area contributed by atoms with Crippen molar-refractivity contribution in [3.63, 3.8) is 0 Å². The third-order valence-corrected chi connectivity index (χ3v) is 3.71. The van der Waals surface area contributed by atoms with Crippen LogP contribution >= 0.6 is 11.6 Å². The lowest BCUT2D eigenvalue weighted by molar-refractivity contribution is 0.172. The smallest absolute Gasteiger partial charge is 0.147 e. The van der Waals surface area contributed by atoms with E-state index in [1.54, 1.807) is 12.4 Å². The van der Waals surface area contributed by atoms with Gasteiger partial charge in [-0.05, 0) is 45.9 Å². The van der Waals surface area contributed by atoms with E-state index in [-0.39, 0.29) is 0 Å². The molecular formula is C13H21ClN4. The molecule has 1 aromatic heterocycles. The summed E-state index contributed by atoms with van der Waals surface area (Å²) < 4.78 is 0. The van der Waals surface area contributed by atoms with Gasteiger partial charge in [0.1, 0.15) is 5.15 Å². The summed E-state index contributed by atoms with van der Waals surface area (Å²) in [4.78, 5) is 13.1. The van der Waals surface area contributed by atoms with Crippen LogP contribution in [0.5, 0.6) is 0 Å². The van der Waals surface area contributed by atoms with E-state index in [0.29, 0.717) is 5.15 Å². The van der Waals surface area contributed by atoms with E-state index in [4.69, 9.17) is 11.6 Å². The number of piperidine rings is 1. The molecule has 1 saturated heterocycles. The molecule has 2 rings (SSSR count). The van der Waals surface area contributed by atoms with Gasteiger partial charge >= 0.3 is 0 Å². The molecule has 1 aromatic rings. The van der Waals surface area contributed by atoms with Gasteiger partial charge in [-0.1, -0.05) is 11.6 Å². The third kappa shape index (κ3) is 4.19. The molecule has 0 spiro atoms. The fourth-order valence-electron chi connectivity index (χ4n) is 2.45. The van der Waals surface area contributed by atoms with Gasteiger partial charge in [-0.2, -0.15) is 0 Å². The second kappa shape index (κ2) is 6.45. The number of halogens is 1. The number of likely N-dealkylation sites (tertiary alicyclic amines) is 1. The van der Waals surface area contributed by atoms with Gasteiger partial charge in [0.25, 0.3) is 0 Å². The minimum Gasteiger partial charge on any atom is -0.306 e. The predicted octanol–water partition coefficient (Wildman–Crippen LogP) is 1.90. The number of aromatic nitrogens is 2. The molecule has 4 nitrogen and oxygen atoms in total. The standard InChI is InChI=1S/C13H21ClN4/c1-17-5-3-11(4-6-17)9-18(2)10-12-7-16-13(14)8-15-12/h7-8,11H,3-6,9-10H2,1-2H3. The van der Waals surface area contributed by atoms with Crippen LogP contribution in [0.2, 0.25) is 5.15 Å². The summed E-state index contributed by atoms with van der Waals surface area (Å²) in [6.07, 6.45) is 5.97. The van der Waals surface area contributed by atoms with E-state index in [2.05, 4.69) is 33.9 Å². The van der Waals surface area contributed by atoms with Crippen LogP contribution in [-0.2, 0) is 6.54 Å². The van der Waals surface area contributed by atoms with Crippen molar-refractivity contribution in [2.45, 2.75) is 19.4 Å². The molecule has 0 aliphatic carbocycles. The summed E-state index contributed by atoms with van der Waals surface area (Å²) in [5, 5.41) is 0.455. The largest absolute Gasteiger partial charge is 0.306 e. The lowest BCUT2D eigenvalue weighted by Crippen LogP contribution is -2.35. The van der Waals surface area contributed by atoms with Crippen molar-refractivity contribution < 1.29 is 0 Å². The molecular weight excluding hydrogens is 248 g/mol. The van der Waals surface area contributed by atoms with Crippen LogP contribution in [-0.4, -0.2) is 53.5 Å². The van der Waals surface area contributed by atoms with Crippen LogP contribution < -0.4 is 0 Å². The first-order chi connectivity index (χ1) is 8.63. The van der Waals surface area contributed by atoms with E-state index in [1.165, 1.54) is 25.9 Å². The van der Waals surface area contributed by atoms with Crippen LogP contribution in [0, 0.1) is 5.92 Å². The Morgan fingerprint density at radius 1 is 1.33 bits per heavy atom. The Morgan fingerprint density at radius 3 is 2.67 bits per heavy atom. The predicted molar refractivity (Wildman–Crippen MR) is 73.6 cm³/mol. The fourth-order valence-corrected chi connectivity index (χ4v) is 2.54. The molecule has 0 saturated carbocycles. The molecule has 0 amide bonds. The molecule has 2 heterocycles. The van der Waals surface area contributed by atoms with Crippen LogP contribution in [0.3, 0.4) is 0 Å². The highest BCUT2D eigenvalue weighted by molar-refractivity contribution is 6.29. The van der Waals surface area contributed by atoms with Crippen molar-refractivity contribution in [2.75, 3.05) is 33.7 Å². The summed E-state index contributed by atoms with van der Waals surface area (Å²) in [5.41, 5.74) is 0.981. The van der Waals surface area contributed by atoms with Gasteiger partial charge in [0, 0.05) is 13.1 Å². The Labute approximate surface area is 114 Å². The maximum Gasteiger partial charge on any atom is 0.147 e. The van der Waals surface area contributed by atoms with Gasteiger partial charge in [-0.25, -0.2) is 4.98 Å². The van der Waals surface area contributed by atoms with Gasteiger partial charge in [-0.15, -0.1) is 0 Å². The van der Waals surface area contributed by atoms with Crippen molar-refractivity contribution in [1.82, 2.24) is 19.8 Å². The van der Waals surface area contributed by atoms with Crippen molar-refractivity contribution in [3.8, 4) is 0 Å². The number of rotatable bonds is 4. The van der Waals surface area contributed by atoms with Crippen LogP contribution in [0.1, 0.15) is 18.5 Å². The molecule has 1 aliphatic rings. The molecule has 0 radical (unpaired) electrons. The molecule has 0 atom stereocenters. The van der Waals surface area contributed by atoms with Crippen molar-refractivity contribution >= 4 is 11.6 Å². The first-order valence-electron chi connectivity index (χ1n) is 6.47. The van der Waals surface area contributed by atoms with Gasteiger partial charge in [0.05, 0.1) is 18.1 Å². The van der Waals surface area contributed by atoms with Crippen molar-refractivity contribution in [2.24, 2.45) is 5.92 Å². The number of nitrogens with zero attached hydrogens (tertiary/aromatic N) is 4. The fraction of sp³-hybridized carbons (Fsp3) is 0.692. The van der Waals surface area contributed by atoms with E-state index in [0.717, 1.165) is 24.7 Å². The molecule has 18 heavy (non-hydrogen) atoms. The molecule has 0 N–H and O–H groups in total. The lowest BCUT2D eigenvalue weighted by atomic mass is 9.97. The topological polar surface area (TPSA) is 32.3 Å². The minimum atomic E-state index is 0.455.